The summed E-state index contributed by atoms with van der Waals surface area (Å²) < 4.78 is 0. The normalized spacial score (nSPS) is 15.3. The second-order valence-corrected chi connectivity index (χ2v) is 32.6. The monoisotopic (exact) mass is 1890 g/mol. The number of benzene rings is 4. The van der Waals surface area contributed by atoms with E-state index in [1.165, 1.54) is 60.3 Å². The van der Waals surface area contributed by atoms with Crippen molar-refractivity contribution in [2.24, 2.45) is 34.4 Å². The molecule has 48 heteroatoms. The Labute approximate surface area is 772 Å². The first kappa shape index (κ1) is 110. The average Bonchev–Trinajstić information content (AvgIpc) is 1.68. The molecule has 0 bridgehead atoms. The summed E-state index contributed by atoms with van der Waals surface area (Å²) >= 11 is 1.18. The number of aliphatic hydroxyl groups is 1. The van der Waals surface area contributed by atoms with Crippen LogP contribution in [-0.2, 0) is 126 Å². The lowest BCUT2D eigenvalue weighted by atomic mass is 10.0. The van der Waals surface area contributed by atoms with E-state index in [2.05, 4.69) is 69.1 Å². The summed E-state index contributed by atoms with van der Waals surface area (Å²) in [5.41, 5.74) is 34.5. The predicted octanol–water partition coefficient (Wildman–Crippen LogP) is -7.02. The van der Waals surface area contributed by atoms with Gasteiger partial charge in [0, 0.05) is 57.9 Å². The Kier molecular flexibility index (Phi) is 46.3. The van der Waals surface area contributed by atoms with Crippen LogP contribution in [0.3, 0.4) is 0 Å². The minimum Gasteiger partial charge on any atom is -0.508 e. The van der Waals surface area contributed by atoms with E-state index in [4.69, 9.17) is 34.4 Å². The smallest absolute Gasteiger partial charge is 0.326 e. The number of primary amides is 4. The van der Waals surface area contributed by atoms with Gasteiger partial charge in [0.25, 0.3) is 0 Å². The number of nitrogens with one attached hydrogen (secondary N) is 13. The van der Waals surface area contributed by atoms with Crippen LogP contribution in [0.25, 0.3) is 0 Å². The van der Waals surface area contributed by atoms with E-state index >= 15 is 19.2 Å². The summed E-state index contributed by atoms with van der Waals surface area (Å²) in [4.78, 5) is 287. The molecule has 4 aromatic carbocycles. The molecule has 730 valence electrons. The van der Waals surface area contributed by atoms with Crippen LogP contribution in [0.15, 0.2) is 109 Å². The maximum atomic E-state index is 15.2. The van der Waals surface area contributed by atoms with Crippen LogP contribution in [0, 0.1) is 0 Å². The number of carbonyl (C=O) groups is 21. The number of rotatable bonds is 60. The molecule has 134 heavy (non-hydrogen) atoms. The first-order valence-corrected chi connectivity index (χ1v) is 44.1. The molecule has 0 aliphatic carbocycles. The molecule has 15 atom stereocenters. The molecule has 1 heterocycles. The number of nitrogens with zero attached hydrogens (tertiary/aromatic N) is 1. The van der Waals surface area contributed by atoms with Crippen molar-refractivity contribution in [1.29, 1.82) is 0 Å². The van der Waals surface area contributed by atoms with Crippen molar-refractivity contribution >= 4 is 136 Å². The van der Waals surface area contributed by atoms with Crippen molar-refractivity contribution < 1.29 is 131 Å². The number of thioether (sulfide) groups is 1. The zero-order valence-electron chi connectivity index (χ0n) is 73.6. The predicted molar refractivity (Wildman–Crippen MR) is 476 cm³/mol. The van der Waals surface area contributed by atoms with Gasteiger partial charge in [-0.3, -0.25) is 95.9 Å². The van der Waals surface area contributed by atoms with Crippen molar-refractivity contribution in [2.75, 3.05) is 31.6 Å². The maximum absolute atomic E-state index is 15.2. The molecular formula is C86H118N20O27S. The van der Waals surface area contributed by atoms with Gasteiger partial charge in [-0.2, -0.15) is 11.8 Å². The highest BCUT2D eigenvalue weighted by atomic mass is 32.2. The Morgan fingerprint density at radius 2 is 0.701 bits per heavy atom. The quantitative estimate of drug-likeness (QED) is 0.0183. The van der Waals surface area contributed by atoms with Gasteiger partial charge < -0.3 is 139 Å². The number of aliphatic carboxylic acids is 3. The highest BCUT2D eigenvalue weighted by molar-refractivity contribution is 7.98. The highest BCUT2D eigenvalue weighted by Crippen LogP contribution is 2.23. The topological polar surface area (TPSA) is 796 Å². The molecule has 0 saturated carbocycles. The lowest BCUT2D eigenvalue weighted by molar-refractivity contribution is -0.144. The number of amides is 18. The summed E-state index contributed by atoms with van der Waals surface area (Å²) in [5.74, 6) is -24.8. The molecule has 1 saturated heterocycles. The van der Waals surface area contributed by atoms with Crippen LogP contribution in [0.1, 0.15) is 132 Å². The average molecular weight is 1900 g/mol. The summed E-state index contributed by atoms with van der Waals surface area (Å²) in [7, 11) is 0. The standard InChI is InChI=1S/C86H118N20O27S/c1-45(107)72(105-83(129)64-17-11-36-106(64)85(131)62(42-67(91)112)103-76(122)56(29-33-71(117)118)97-79(125)58(93-69(114)44-88)40-48-18-22-50(108)23-19-48)84(130)102-61(41-49-20-24-51(109)25-21-49)81(127)94-52(16-9-10-35-87)73(119)100-60(39-47-14-7-4-8-15-47)82(128)101-59(38-46-12-5-3-6-13-46)80(126)98-55(28-32-70(115)116)75(121)95-53(26-30-65(89)110)74(120)99-57(34-37-134-2)78(124)96-54(27-31-66(90)111)77(123)104-63(86(132)133)43-68(92)113/h3-8,12-15,18-25,45,52-64,72,107-109H,9-11,16-17,26-44,87-88H2,1-2H3,(H2,89,110)(H2,90,111)(H2,91,112)(H2,92,113)(H,93,114)(H,94,127)(H,95,121)(H,96,124)(H,97,125)(H,98,126)(H,99,120)(H,100,119)(H,101,128)(H,102,130)(H,103,122)(H,104,123)(H,105,129)(H,115,116)(H,117,118)(H,132,133)/t45-,52-,53-,54-,55-,56-,57-,58-,59-,60-,61-,62-,63-,64-,72-/m0/s1. The van der Waals surface area contributed by atoms with Crippen LogP contribution in [0.2, 0.25) is 0 Å². The van der Waals surface area contributed by atoms with Crippen molar-refractivity contribution in [1.82, 2.24) is 74.0 Å². The Morgan fingerprint density at radius 1 is 0.381 bits per heavy atom. The van der Waals surface area contributed by atoms with Crippen LogP contribution < -0.4 is 104 Å². The van der Waals surface area contributed by atoms with E-state index < -0.39 is 292 Å². The van der Waals surface area contributed by atoms with Crippen LogP contribution in [-0.4, -0.2) is 282 Å². The first-order chi connectivity index (χ1) is 63.5. The molecule has 1 aliphatic heterocycles. The van der Waals surface area contributed by atoms with Gasteiger partial charge in [0.2, 0.25) is 106 Å². The lowest BCUT2D eigenvalue weighted by Gasteiger charge is -2.31. The number of aromatic hydroxyl groups is 2. The molecule has 0 aromatic heterocycles. The van der Waals surface area contributed by atoms with E-state index in [1.54, 1.807) is 66.9 Å². The van der Waals surface area contributed by atoms with Gasteiger partial charge in [0.1, 0.15) is 96.1 Å². The molecule has 1 fully saturated rings. The van der Waals surface area contributed by atoms with E-state index in [0.717, 1.165) is 11.8 Å². The fourth-order valence-corrected chi connectivity index (χ4v) is 14.4. The Hall–Kier alpha value is -14.4. The number of carbonyl (C=O) groups excluding carboxylic acids is 18. The first-order valence-electron chi connectivity index (χ1n) is 42.7. The number of hydrogen-bond donors (Lipinski definition) is 25. The van der Waals surface area contributed by atoms with Gasteiger partial charge in [-0.15, -0.1) is 0 Å². The number of phenols is 2. The Morgan fingerprint density at radius 3 is 1.04 bits per heavy atom. The van der Waals surface area contributed by atoms with E-state index in [9.17, 15) is 112 Å². The van der Waals surface area contributed by atoms with Crippen LogP contribution in [0.4, 0.5) is 0 Å². The minimum absolute atomic E-state index is 0.0689. The number of carboxylic acids is 3. The fraction of sp³-hybridized carbons (Fsp3) is 0.477. The molecule has 5 rings (SSSR count). The number of nitrogens with two attached hydrogens (primary N) is 6. The third-order valence-electron chi connectivity index (χ3n) is 21.0. The van der Waals surface area contributed by atoms with E-state index in [-0.39, 0.29) is 93.7 Å². The third-order valence-corrected chi connectivity index (χ3v) is 21.6. The molecule has 31 N–H and O–H groups in total. The largest absolute Gasteiger partial charge is 0.508 e. The number of carboxylic acid groups (broad SMARTS) is 3. The molecule has 0 unspecified atom stereocenters. The Balaban J connectivity index is 1.45. The molecule has 1 aliphatic rings. The second kappa shape index (κ2) is 56.3. The Bertz CT molecular complexity index is 4770. The van der Waals surface area contributed by atoms with E-state index in [0.29, 0.717) is 16.7 Å². The molecule has 0 radical (unpaired) electrons. The van der Waals surface area contributed by atoms with Crippen molar-refractivity contribution in [2.45, 2.75) is 226 Å². The molecule has 47 nitrogen and oxygen atoms in total. The van der Waals surface area contributed by atoms with Gasteiger partial charge >= 0.3 is 17.9 Å². The number of aliphatic hydroxyl groups excluding tert-OH is 1. The van der Waals surface area contributed by atoms with Gasteiger partial charge in [0.05, 0.1) is 25.5 Å². The van der Waals surface area contributed by atoms with Gasteiger partial charge in [-0.05, 0) is 136 Å². The SMILES string of the molecule is CSCC[C@H](NC(=O)[C@H](CCC(N)=O)NC(=O)[C@H](CCC(=O)O)NC(=O)[C@H](Cc1ccccc1)NC(=O)[C@H](Cc1ccccc1)NC(=O)[C@H](CCCCN)NC(=O)[C@H](Cc1ccc(O)cc1)NC(=O)[C@@H](NC(=O)[C@@H]1CCCN1C(=O)[C@H](CC(N)=O)NC(=O)[C@H](CCC(=O)O)NC(=O)[C@H](Cc1ccc(O)cc1)NC(=O)CN)[C@H](C)O)C(=O)N[C@@H](CCC(N)=O)C(=O)N[C@@H](CC(N)=O)C(=O)O. The minimum atomic E-state index is -1.98. The number of likely N-dealkylation sites (tertiary alicyclic amines) is 1. The fourth-order valence-electron chi connectivity index (χ4n) is 13.9. The molecule has 4 aromatic rings. The van der Waals surface area contributed by atoms with Crippen molar-refractivity contribution in [3.8, 4) is 11.5 Å². The van der Waals surface area contributed by atoms with Gasteiger partial charge in [-0.25, -0.2) is 4.79 Å². The number of unbranched alkanes of at least 4 members (excludes halogenated alkanes) is 1. The third kappa shape index (κ3) is 38.9. The number of hydrogen-bond acceptors (Lipinski definition) is 27. The summed E-state index contributed by atoms with van der Waals surface area (Å²) in [6.45, 7) is 0.346. The zero-order valence-corrected chi connectivity index (χ0v) is 74.4. The molecular weight excluding hydrogens is 1780 g/mol. The molecule has 0 spiro atoms. The van der Waals surface area contributed by atoms with Crippen LogP contribution >= 0.6 is 11.8 Å². The summed E-state index contributed by atoms with van der Waals surface area (Å²) in [6, 6.07) is 2.17. The van der Waals surface area contributed by atoms with E-state index in [1.807, 2.05) is 0 Å². The zero-order chi connectivity index (χ0) is 99.4. The molecule has 18 amide bonds. The van der Waals surface area contributed by atoms with Crippen LogP contribution in [0.5, 0.6) is 11.5 Å². The van der Waals surface area contributed by atoms with Crippen molar-refractivity contribution in [3.05, 3.63) is 131 Å². The highest BCUT2D eigenvalue weighted by Gasteiger charge is 2.43. The van der Waals surface area contributed by atoms with Gasteiger partial charge in [0.15, 0.2) is 0 Å². The lowest BCUT2D eigenvalue weighted by Crippen LogP contribution is -2.62. The summed E-state index contributed by atoms with van der Waals surface area (Å²) in [6.07, 6.45) is -8.79. The maximum Gasteiger partial charge on any atom is 0.326 e. The van der Waals surface area contributed by atoms with Gasteiger partial charge in [-0.1, -0.05) is 84.9 Å². The summed E-state index contributed by atoms with van der Waals surface area (Å²) in [5, 5.41) is 92.3. The number of phenolic OH excluding ortho intramolecular Hbond substituents is 2. The van der Waals surface area contributed by atoms with Crippen molar-refractivity contribution in [3.63, 3.8) is 0 Å². The second-order valence-electron chi connectivity index (χ2n) is 31.7.